The maximum atomic E-state index is 10.8. The van der Waals surface area contributed by atoms with Crippen molar-refractivity contribution in [1.29, 1.82) is 0 Å². The number of carbonyl (C=O) groups is 1. The van der Waals surface area contributed by atoms with Crippen LogP contribution >= 0.6 is 0 Å². The Morgan fingerprint density at radius 1 is 1.42 bits per heavy atom. The molecule has 1 N–H and O–H groups in total. The van der Waals surface area contributed by atoms with Crippen molar-refractivity contribution in [3.05, 3.63) is 35.4 Å². The maximum Gasteiger partial charge on any atom is 0.328 e. The predicted octanol–water partition coefficient (Wildman–Crippen LogP) is 3.29. The molecule has 0 fully saturated rings. The number of aliphatic carboxylic acids is 1. The molecule has 3 heteroatoms. The number of nitrogens with zero attached hydrogens (tertiary/aromatic N) is 1. The largest absolute Gasteiger partial charge is 0.478 e. The van der Waals surface area contributed by atoms with Gasteiger partial charge in [-0.05, 0) is 47.6 Å². The molecule has 0 aromatic heterocycles. The minimum Gasteiger partial charge on any atom is -0.478 e. The van der Waals surface area contributed by atoms with E-state index in [1.807, 2.05) is 13.0 Å². The number of fused-ring (bicyclic) bond motifs is 1. The van der Waals surface area contributed by atoms with Gasteiger partial charge in [-0.2, -0.15) is 0 Å². The number of carboxylic acid groups (broad SMARTS) is 1. The minimum atomic E-state index is -0.897. The van der Waals surface area contributed by atoms with Gasteiger partial charge in [0.1, 0.15) is 0 Å². The van der Waals surface area contributed by atoms with E-state index < -0.39 is 5.97 Å². The average molecular weight is 259 g/mol. The number of hydrogen-bond donors (Lipinski definition) is 1. The first-order chi connectivity index (χ1) is 8.81. The number of benzene rings is 1. The van der Waals surface area contributed by atoms with Crippen molar-refractivity contribution >= 4 is 17.2 Å². The Kier molecular flexibility index (Phi) is 3.40. The van der Waals surface area contributed by atoms with Crippen LogP contribution in [0, 0.1) is 0 Å². The van der Waals surface area contributed by atoms with Gasteiger partial charge in [-0.1, -0.05) is 19.9 Å². The highest BCUT2D eigenvalue weighted by Crippen LogP contribution is 2.40. The summed E-state index contributed by atoms with van der Waals surface area (Å²) in [6.07, 6.45) is 2.38. The summed E-state index contributed by atoms with van der Waals surface area (Å²) in [5.74, 6) is -0.897. The zero-order valence-corrected chi connectivity index (χ0v) is 12.0. The van der Waals surface area contributed by atoms with Crippen LogP contribution in [0.1, 0.15) is 38.3 Å². The summed E-state index contributed by atoms with van der Waals surface area (Å²) in [6.45, 7) is 7.40. The van der Waals surface area contributed by atoms with E-state index in [4.69, 9.17) is 5.11 Å². The summed E-state index contributed by atoms with van der Waals surface area (Å²) in [5.41, 5.74) is 4.48. The van der Waals surface area contributed by atoms with Gasteiger partial charge < -0.3 is 10.0 Å². The van der Waals surface area contributed by atoms with Gasteiger partial charge in [0.2, 0.25) is 0 Å². The van der Waals surface area contributed by atoms with Crippen molar-refractivity contribution in [2.75, 3.05) is 18.5 Å². The Bertz CT molecular complexity index is 544. The van der Waals surface area contributed by atoms with Gasteiger partial charge in [0.25, 0.3) is 0 Å². The van der Waals surface area contributed by atoms with Gasteiger partial charge in [-0.25, -0.2) is 4.79 Å². The van der Waals surface area contributed by atoms with Crippen LogP contribution in [-0.2, 0) is 10.2 Å². The summed E-state index contributed by atoms with van der Waals surface area (Å²) in [7, 11) is 2.10. The lowest BCUT2D eigenvalue weighted by Gasteiger charge is -2.38. The van der Waals surface area contributed by atoms with Crippen molar-refractivity contribution < 1.29 is 9.90 Å². The van der Waals surface area contributed by atoms with Crippen LogP contribution in [0.5, 0.6) is 0 Å². The summed E-state index contributed by atoms with van der Waals surface area (Å²) in [4.78, 5) is 13.0. The molecule has 1 aliphatic rings. The number of rotatable bonds is 2. The second-order valence-electron chi connectivity index (χ2n) is 5.95. The maximum absolute atomic E-state index is 10.8. The fourth-order valence-corrected chi connectivity index (χ4v) is 2.63. The smallest absolute Gasteiger partial charge is 0.328 e. The molecular weight excluding hydrogens is 238 g/mol. The first kappa shape index (κ1) is 13.7. The van der Waals surface area contributed by atoms with Crippen LogP contribution in [0.15, 0.2) is 24.3 Å². The molecule has 0 bridgehead atoms. The Morgan fingerprint density at radius 3 is 2.74 bits per heavy atom. The zero-order chi connectivity index (χ0) is 14.2. The first-order valence-electron chi connectivity index (χ1n) is 6.58. The molecular formula is C16H21NO2. The number of anilines is 1. The van der Waals surface area contributed by atoms with Gasteiger partial charge in [0.05, 0.1) is 0 Å². The summed E-state index contributed by atoms with van der Waals surface area (Å²) in [6, 6.07) is 6.25. The van der Waals surface area contributed by atoms with Crippen LogP contribution in [0.3, 0.4) is 0 Å². The van der Waals surface area contributed by atoms with Crippen LogP contribution in [0.25, 0.3) is 5.57 Å². The fourth-order valence-electron chi connectivity index (χ4n) is 2.63. The van der Waals surface area contributed by atoms with Crippen LogP contribution < -0.4 is 4.90 Å². The predicted molar refractivity (Wildman–Crippen MR) is 78.6 cm³/mol. The van der Waals surface area contributed by atoms with E-state index in [-0.39, 0.29) is 5.41 Å². The molecule has 0 aliphatic carbocycles. The highest BCUT2D eigenvalue weighted by Gasteiger charge is 2.29. The lowest BCUT2D eigenvalue weighted by Crippen LogP contribution is -2.34. The molecule has 1 aromatic carbocycles. The molecule has 1 heterocycles. The quantitative estimate of drug-likeness (QED) is 0.828. The van der Waals surface area contributed by atoms with Gasteiger partial charge in [0, 0.05) is 25.4 Å². The molecule has 19 heavy (non-hydrogen) atoms. The van der Waals surface area contributed by atoms with E-state index in [9.17, 15) is 4.79 Å². The third-order valence-electron chi connectivity index (χ3n) is 4.00. The standard InChI is InChI=1S/C16H21NO2/c1-11(9-15(18)19)12-5-6-14-13(10-12)16(2,3)7-8-17(14)4/h5-6,9-10H,7-8H2,1-4H3,(H,18,19)/b11-9-. The molecule has 0 atom stereocenters. The molecule has 0 radical (unpaired) electrons. The van der Waals surface area contributed by atoms with Gasteiger partial charge in [0.15, 0.2) is 0 Å². The van der Waals surface area contributed by atoms with Gasteiger partial charge >= 0.3 is 5.97 Å². The van der Waals surface area contributed by atoms with Crippen molar-refractivity contribution in [3.8, 4) is 0 Å². The lowest BCUT2D eigenvalue weighted by molar-refractivity contribution is -0.131. The van der Waals surface area contributed by atoms with Gasteiger partial charge in [-0.3, -0.25) is 0 Å². The Hall–Kier alpha value is -1.77. The number of allylic oxidation sites excluding steroid dienone is 1. The normalized spacial score (nSPS) is 18.1. The number of carboxylic acids is 1. The van der Waals surface area contributed by atoms with Crippen molar-refractivity contribution in [2.45, 2.75) is 32.6 Å². The van der Waals surface area contributed by atoms with E-state index >= 15 is 0 Å². The van der Waals surface area contributed by atoms with Gasteiger partial charge in [-0.15, -0.1) is 0 Å². The van der Waals surface area contributed by atoms with E-state index in [0.717, 1.165) is 24.1 Å². The van der Waals surface area contributed by atoms with E-state index in [1.54, 1.807) is 0 Å². The third-order valence-corrected chi connectivity index (χ3v) is 4.00. The molecule has 0 saturated heterocycles. The molecule has 102 valence electrons. The molecule has 1 aliphatic heterocycles. The minimum absolute atomic E-state index is 0.140. The molecule has 0 saturated carbocycles. The highest BCUT2D eigenvalue weighted by atomic mass is 16.4. The van der Waals surface area contributed by atoms with E-state index in [1.165, 1.54) is 17.3 Å². The second kappa shape index (κ2) is 4.72. The molecule has 1 aromatic rings. The average Bonchev–Trinajstić information content (AvgIpc) is 2.33. The zero-order valence-electron chi connectivity index (χ0n) is 12.0. The summed E-state index contributed by atoms with van der Waals surface area (Å²) < 4.78 is 0. The first-order valence-corrected chi connectivity index (χ1v) is 6.58. The van der Waals surface area contributed by atoms with Crippen LogP contribution in [0.4, 0.5) is 5.69 Å². The fraction of sp³-hybridized carbons (Fsp3) is 0.438. The third kappa shape index (κ3) is 2.65. The van der Waals surface area contributed by atoms with Crippen molar-refractivity contribution in [1.82, 2.24) is 0 Å². The SMILES string of the molecule is C/C(=C/C(=O)O)c1ccc2c(c1)C(C)(C)CCN2C. The lowest BCUT2D eigenvalue weighted by atomic mass is 9.77. The van der Waals surface area contributed by atoms with E-state index in [2.05, 4.69) is 37.9 Å². The molecule has 0 unspecified atom stereocenters. The van der Waals surface area contributed by atoms with Crippen LogP contribution in [0.2, 0.25) is 0 Å². The molecule has 2 rings (SSSR count). The summed E-state index contributed by atoms with van der Waals surface area (Å²) in [5, 5.41) is 8.84. The summed E-state index contributed by atoms with van der Waals surface area (Å²) >= 11 is 0. The molecule has 3 nitrogen and oxygen atoms in total. The molecule has 0 amide bonds. The van der Waals surface area contributed by atoms with E-state index in [0.29, 0.717) is 0 Å². The second-order valence-corrected chi connectivity index (χ2v) is 5.95. The monoisotopic (exact) mass is 259 g/mol. The van der Waals surface area contributed by atoms with Crippen molar-refractivity contribution in [3.63, 3.8) is 0 Å². The topological polar surface area (TPSA) is 40.5 Å². The Balaban J connectivity index is 2.51. The Labute approximate surface area is 114 Å². The van der Waals surface area contributed by atoms with Crippen molar-refractivity contribution in [2.24, 2.45) is 0 Å². The van der Waals surface area contributed by atoms with Crippen LogP contribution in [-0.4, -0.2) is 24.7 Å². The highest BCUT2D eigenvalue weighted by molar-refractivity contribution is 5.89. The number of hydrogen-bond acceptors (Lipinski definition) is 2. The Morgan fingerprint density at radius 2 is 2.11 bits per heavy atom. The molecule has 0 spiro atoms.